The van der Waals surface area contributed by atoms with E-state index in [4.69, 9.17) is 4.74 Å². The van der Waals surface area contributed by atoms with Crippen molar-refractivity contribution >= 4 is 12.0 Å². The first kappa shape index (κ1) is 10.3. The number of hydrogen-bond donors (Lipinski definition) is 1. The van der Waals surface area contributed by atoms with E-state index in [0.717, 1.165) is 12.8 Å². The summed E-state index contributed by atoms with van der Waals surface area (Å²) in [6.45, 7) is 2.76. The number of nitrogens with one attached hydrogen (secondary N) is 1. The monoisotopic (exact) mass is 212 g/mol. The van der Waals surface area contributed by atoms with Crippen LogP contribution >= 0.6 is 0 Å². The molecule has 0 aromatic rings. The number of carbonyl (C=O) groups is 2. The topological polar surface area (TPSA) is 58.6 Å². The lowest BCUT2D eigenvalue weighted by molar-refractivity contribution is -0.128. The Balaban J connectivity index is 1.80. The molecule has 1 aliphatic heterocycles. The molecule has 0 aromatic heterocycles. The van der Waals surface area contributed by atoms with E-state index in [-0.39, 0.29) is 11.9 Å². The summed E-state index contributed by atoms with van der Waals surface area (Å²) in [4.78, 5) is 24.5. The van der Waals surface area contributed by atoms with Crippen LogP contribution in [0.5, 0.6) is 0 Å². The molecule has 1 N–H and O–H groups in total. The van der Waals surface area contributed by atoms with Crippen LogP contribution in [0.25, 0.3) is 0 Å². The Morgan fingerprint density at radius 3 is 2.93 bits per heavy atom. The van der Waals surface area contributed by atoms with Gasteiger partial charge in [0.1, 0.15) is 0 Å². The number of alkyl carbamates (subject to hydrolysis) is 1. The zero-order chi connectivity index (χ0) is 10.8. The van der Waals surface area contributed by atoms with Gasteiger partial charge in [0.05, 0.1) is 12.6 Å². The second-order valence-electron chi connectivity index (χ2n) is 4.04. The molecule has 2 amide bonds. The van der Waals surface area contributed by atoms with Crippen LogP contribution in [0.2, 0.25) is 0 Å². The highest BCUT2D eigenvalue weighted by atomic mass is 16.5. The summed E-state index contributed by atoms with van der Waals surface area (Å²) in [5.74, 6) is 0.152. The van der Waals surface area contributed by atoms with Crippen molar-refractivity contribution in [1.29, 1.82) is 0 Å². The predicted octanol–water partition coefficient (Wildman–Crippen LogP) is 0.496. The normalized spacial score (nSPS) is 25.5. The minimum Gasteiger partial charge on any atom is -0.450 e. The van der Waals surface area contributed by atoms with Crippen LogP contribution in [0.3, 0.4) is 0 Å². The third-order valence-electron chi connectivity index (χ3n) is 2.74. The van der Waals surface area contributed by atoms with Crippen LogP contribution in [0.4, 0.5) is 4.79 Å². The van der Waals surface area contributed by atoms with E-state index >= 15 is 0 Å². The van der Waals surface area contributed by atoms with Gasteiger partial charge in [-0.15, -0.1) is 0 Å². The minimum absolute atomic E-state index is 0.0721. The Hall–Kier alpha value is -1.26. The van der Waals surface area contributed by atoms with E-state index in [1.165, 1.54) is 0 Å². The van der Waals surface area contributed by atoms with E-state index in [9.17, 15) is 9.59 Å². The number of carbonyl (C=O) groups excluding carboxylic acids is 2. The molecule has 1 aliphatic carbocycles. The number of amides is 2. The fourth-order valence-corrected chi connectivity index (χ4v) is 1.91. The van der Waals surface area contributed by atoms with E-state index in [2.05, 4.69) is 5.32 Å². The molecule has 2 fully saturated rings. The Labute approximate surface area is 88.8 Å². The molecule has 5 nitrogen and oxygen atoms in total. The largest absolute Gasteiger partial charge is 0.450 e. The first-order chi connectivity index (χ1) is 7.20. The highest BCUT2D eigenvalue weighted by Crippen LogP contribution is 2.30. The molecule has 1 heterocycles. The Morgan fingerprint density at radius 1 is 1.60 bits per heavy atom. The van der Waals surface area contributed by atoms with Gasteiger partial charge in [0.25, 0.3) is 0 Å². The van der Waals surface area contributed by atoms with Crippen molar-refractivity contribution in [3.05, 3.63) is 0 Å². The lowest BCUT2D eigenvalue weighted by atomic mass is 10.3. The molecule has 1 saturated carbocycles. The molecule has 0 unspecified atom stereocenters. The summed E-state index contributed by atoms with van der Waals surface area (Å²) >= 11 is 0. The van der Waals surface area contributed by atoms with Crippen molar-refractivity contribution in [3.8, 4) is 0 Å². The van der Waals surface area contributed by atoms with Gasteiger partial charge in [-0.3, -0.25) is 4.79 Å². The molecule has 2 rings (SSSR count). The highest BCUT2D eigenvalue weighted by Gasteiger charge is 2.39. The maximum atomic E-state index is 11.5. The first-order valence-corrected chi connectivity index (χ1v) is 5.43. The fourth-order valence-electron chi connectivity index (χ4n) is 1.91. The van der Waals surface area contributed by atoms with Crippen LogP contribution < -0.4 is 5.32 Å². The molecule has 15 heavy (non-hydrogen) atoms. The lowest BCUT2D eigenvalue weighted by Crippen LogP contribution is -2.37. The van der Waals surface area contributed by atoms with Gasteiger partial charge in [-0.1, -0.05) is 0 Å². The zero-order valence-electron chi connectivity index (χ0n) is 8.86. The molecule has 0 bridgehead atoms. The van der Waals surface area contributed by atoms with Crippen LogP contribution in [0.15, 0.2) is 0 Å². The average molecular weight is 212 g/mol. The number of likely N-dealkylation sites (tertiary alicyclic amines) is 1. The predicted molar refractivity (Wildman–Crippen MR) is 53.3 cm³/mol. The number of ether oxygens (including phenoxy) is 1. The fraction of sp³-hybridized carbons (Fsp3) is 0.800. The first-order valence-electron chi connectivity index (χ1n) is 5.43. The van der Waals surface area contributed by atoms with Gasteiger partial charge in [0.2, 0.25) is 5.91 Å². The van der Waals surface area contributed by atoms with E-state index in [1.54, 1.807) is 6.92 Å². The summed E-state index contributed by atoms with van der Waals surface area (Å²) in [5.41, 5.74) is 0. The molecule has 0 radical (unpaired) electrons. The molecule has 84 valence electrons. The summed E-state index contributed by atoms with van der Waals surface area (Å²) in [7, 11) is 0. The minimum atomic E-state index is -0.423. The van der Waals surface area contributed by atoms with Gasteiger partial charge in [-0.2, -0.15) is 0 Å². The maximum Gasteiger partial charge on any atom is 0.407 e. The molecular weight excluding hydrogens is 196 g/mol. The van der Waals surface area contributed by atoms with E-state index < -0.39 is 6.09 Å². The van der Waals surface area contributed by atoms with Gasteiger partial charge in [-0.25, -0.2) is 4.79 Å². The summed E-state index contributed by atoms with van der Waals surface area (Å²) in [6, 6.07) is 0.364. The van der Waals surface area contributed by atoms with E-state index in [0.29, 0.717) is 25.6 Å². The molecule has 1 saturated heterocycles. The Bertz CT molecular complexity index is 276. The molecular formula is C10H16N2O3. The maximum absolute atomic E-state index is 11.5. The van der Waals surface area contributed by atoms with Crippen molar-refractivity contribution in [2.75, 3.05) is 13.2 Å². The summed E-state index contributed by atoms with van der Waals surface area (Å²) in [6.07, 6.45) is 2.21. The third kappa shape index (κ3) is 2.40. The van der Waals surface area contributed by atoms with Crippen molar-refractivity contribution in [2.45, 2.75) is 38.3 Å². The number of rotatable bonds is 3. The van der Waals surface area contributed by atoms with Crippen LogP contribution in [-0.2, 0) is 9.53 Å². The van der Waals surface area contributed by atoms with Gasteiger partial charge >= 0.3 is 6.09 Å². The molecule has 1 atom stereocenters. The standard InChI is InChI=1S/C10H16N2O3/c1-2-15-10(14)11-7-5-9(13)12(6-7)8-3-4-8/h7-8H,2-6H2,1H3,(H,11,14)/t7-/m0/s1. The highest BCUT2D eigenvalue weighted by molar-refractivity contribution is 5.81. The van der Waals surface area contributed by atoms with Gasteiger partial charge in [0, 0.05) is 19.0 Å². The summed E-state index contributed by atoms with van der Waals surface area (Å²) in [5, 5.41) is 2.70. The van der Waals surface area contributed by atoms with Gasteiger partial charge in [0.15, 0.2) is 0 Å². The second-order valence-corrected chi connectivity index (χ2v) is 4.04. The Morgan fingerprint density at radius 2 is 2.33 bits per heavy atom. The van der Waals surface area contributed by atoms with Crippen LogP contribution in [-0.4, -0.2) is 42.1 Å². The van der Waals surface area contributed by atoms with Crippen LogP contribution in [0.1, 0.15) is 26.2 Å². The molecule has 5 heteroatoms. The lowest BCUT2D eigenvalue weighted by Gasteiger charge is -2.15. The summed E-state index contributed by atoms with van der Waals surface area (Å²) < 4.78 is 4.77. The van der Waals surface area contributed by atoms with Gasteiger partial charge in [-0.05, 0) is 19.8 Å². The molecule has 2 aliphatic rings. The van der Waals surface area contributed by atoms with Crippen molar-refractivity contribution < 1.29 is 14.3 Å². The Kier molecular flexibility index (Phi) is 2.79. The van der Waals surface area contributed by atoms with Gasteiger partial charge < -0.3 is 15.0 Å². The van der Waals surface area contributed by atoms with Crippen molar-refractivity contribution in [3.63, 3.8) is 0 Å². The second kappa shape index (κ2) is 4.08. The molecule has 0 aromatic carbocycles. The van der Waals surface area contributed by atoms with Crippen molar-refractivity contribution in [2.24, 2.45) is 0 Å². The van der Waals surface area contributed by atoms with Crippen molar-refractivity contribution in [1.82, 2.24) is 10.2 Å². The quantitative estimate of drug-likeness (QED) is 0.741. The number of nitrogens with zero attached hydrogens (tertiary/aromatic N) is 1. The smallest absolute Gasteiger partial charge is 0.407 e. The average Bonchev–Trinajstić information content (AvgIpc) is 2.93. The van der Waals surface area contributed by atoms with Crippen LogP contribution in [0, 0.1) is 0 Å². The SMILES string of the molecule is CCOC(=O)N[C@H]1CC(=O)N(C2CC2)C1. The number of hydrogen-bond acceptors (Lipinski definition) is 3. The molecule has 0 spiro atoms. The third-order valence-corrected chi connectivity index (χ3v) is 2.74. The zero-order valence-corrected chi connectivity index (χ0v) is 8.86. The van der Waals surface area contributed by atoms with E-state index in [1.807, 2.05) is 4.90 Å².